The number of halogens is 1. The van der Waals surface area contributed by atoms with Gasteiger partial charge < -0.3 is 5.11 Å². The molecule has 3 rings (SSSR count). The Morgan fingerprint density at radius 2 is 2.18 bits per heavy atom. The van der Waals surface area contributed by atoms with Crippen LogP contribution in [0.1, 0.15) is 39.4 Å². The number of aromatic hydroxyl groups is 1. The second-order valence-electron chi connectivity index (χ2n) is 5.54. The minimum absolute atomic E-state index is 0.0271. The van der Waals surface area contributed by atoms with Crippen LogP contribution in [0.5, 0.6) is 5.75 Å². The number of hydrogen-bond acceptors (Lipinski definition) is 2. The van der Waals surface area contributed by atoms with Crippen LogP contribution in [0.25, 0.3) is 0 Å². The molecule has 1 amide bonds. The number of rotatable bonds is 2. The van der Waals surface area contributed by atoms with Crippen molar-refractivity contribution in [3.63, 3.8) is 0 Å². The summed E-state index contributed by atoms with van der Waals surface area (Å²) >= 11 is 6.00. The van der Waals surface area contributed by atoms with Gasteiger partial charge in [-0.1, -0.05) is 29.8 Å². The van der Waals surface area contributed by atoms with Crippen molar-refractivity contribution in [2.75, 3.05) is 0 Å². The monoisotopic (exact) mass is 313 g/mol. The summed E-state index contributed by atoms with van der Waals surface area (Å²) in [4.78, 5) is 16.3. The van der Waals surface area contributed by atoms with E-state index in [4.69, 9.17) is 11.6 Å². The molecule has 112 valence electrons. The van der Waals surface area contributed by atoms with Gasteiger partial charge in [0, 0.05) is 17.2 Å². The van der Waals surface area contributed by atoms with Gasteiger partial charge in [0.25, 0.3) is 5.91 Å². The van der Waals surface area contributed by atoms with E-state index in [1.165, 1.54) is 17.2 Å². The predicted octanol–water partition coefficient (Wildman–Crippen LogP) is 4.30. The lowest BCUT2D eigenvalue weighted by molar-refractivity contribution is 0.1000. The Kier molecular flexibility index (Phi) is 3.99. The third-order valence-corrected chi connectivity index (χ3v) is 4.30. The van der Waals surface area contributed by atoms with Gasteiger partial charge >= 0.3 is 0 Å². The molecule has 0 spiro atoms. The molecule has 0 heterocycles. The summed E-state index contributed by atoms with van der Waals surface area (Å²) in [6.45, 7) is 1.79. The van der Waals surface area contributed by atoms with Crippen molar-refractivity contribution in [1.82, 2.24) is 0 Å². The first-order valence-electron chi connectivity index (χ1n) is 7.21. The van der Waals surface area contributed by atoms with Crippen LogP contribution in [0.15, 0.2) is 41.4 Å². The molecule has 3 nitrogen and oxygen atoms in total. The molecule has 1 atom stereocenters. The number of carbonyl (C=O) groups excluding carboxylic acids is 1. The van der Waals surface area contributed by atoms with Crippen molar-refractivity contribution in [2.45, 2.75) is 25.7 Å². The van der Waals surface area contributed by atoms with E-state index in [1.54, 1.807) is 25.3 Å². The van der Waals surface area contributed by atoms with E-state index in [-0.39, 0.29) is 17.2 Å². The highest BCUT2D eigenvalue weighted by atomic mass is 35.5. The number of carbonyl (C=O) groups is 1. The van der Waals surface area contributed by atoms with Gasteiger partial charge in [0.15, 0.2) is 0 Å². The SMILES string of the molecule is Cc1cccc(O)c1C(=O)/N=C/C1CCc2cc(Cl)ccc21. The van der Waals surface area contributed by atoms with Crippen LogP contribution in [0.4, 0.5) is 0 Å². The number of nitrogens with zero attached hydrogens (tertiary/aromatic N) is 1. The summed E-state index contributed by atoms with van der Waals surface area (Å²) in [5.41, 5.74) is 3.39. The Hall–Kier alpha value is -2.13. The van der Waals surface area contributed by atoms with Crippen LogP contribution in [0.2, 0.25) is 5.02 Å². The van der Waals surface area contributed by atoms with Gasteiger partial charge in [0.1, 0.15) is 5.75 Å². The average molecular weight is 314 g/mol. The van der Waals surface area contributed by atoms with Crippen molar-refractivity contribution in [2.24, 2.45) is 4.99 Å². The van der Waals surface area contributed by atoms with Crippen LogP contribution in [0, 0.1) is 6.92 Å². The van der Waals surface area contributed by atoms with Crippen LogP contribution in [-0.2, 0) is 6.42 Å². The Labute approximate surface area is 134 Å². The normalized spacial score (nSPS) is 16.9. The topological polar surface area (TPSA) is 49.7 Å². The first-order chi connectivity index (χ1) is 10.6. The number of fused-ring (bicyclic) bond motifs is 1. The second kappa shape index (κ2) is 5.93. The number of phenolic OH excluding ortho intramolecular Hbond substituents is 1. The van der Waals surface area contributed by atoms with E-state index in [0.29, 0.717) is 0 Å². The molecule has 1 aliphatic carbocycles. The van der Waals surface area contributed by atoms with Gasteiger partial charge in [0.2, 0.25) is 0 Å². The molecule has 1 N–H and O–H groups in total. The minimum Gasteiger partial charge on any atom is -0.507 e. The van der Waals surface area contributed by atoms with Crippen molar-refractivity contribution < 1.29 is 9.90 Å². The zero-order valence-electron chi connectivity index (χ0n) is 12.2. The molecule has 0 aromatic heterocycles. The van der Waals surface area contributed by atoms with Crippen LogP contribution in [-0.4, -0.2) is 17.2 Å². The fraction of sp³-hybridized carbons (Fsp3) is 0.222. The van der Waals surface area contributed by atoms with Crippen LogP contribution >= 0.6 is 11.6 Å². The number of amides is 1. The number of aliphatic imine (C=N–C) groups is 1. The van der Waals surface area contributed by atoms with E-state index in [9.17, 15) is 9.90 Å². The van der Waals surface area contributed by atoms with Gasteiger partial charge in [-0.2, -0.15) is 0 Å². The first kappa shape index (κ1) is 14.8. The zero-order chi connectivity index (χ0) is 15.7. The van der Waals surface area contributed by atoms with Gasteiger partial charge in [0.05, 0.1) is 5.56 Å². The largest absolute Gasteiger partial charge is 0.507 e. The lowest BCUT2D eigenvalue weighted by Gasteiger charge is -2.06. The molecule has 0 radical (unpaired) electrons. The van der Waals surface area contributed by atoms with E-state index >= 15 is 0 Å². The fourth-order valence-corrected chi connectivity index (χ4v) is 3.12. The summed E-state index contributed by atoms with van der Waals surface area (Å²) in [6, 6.07) is 10.8. The highest BCUT2D eigenvalue weighted by Crippen LogP contribution is 2.33. The van der Waals surface area contributed by atoms with E-state index in [1.807, 2.05) is 18.2 Å². The standard InChI is InChI=1S/C18H16ClNO2/c1-11-3-2-4-16(21)17(11)18(22)20-10-13-6-5-12-9-14(19)7-8-15(12)13/h2-4,7-10,13,21H,5-6H2,1H3/b20-10+. The van der Waals surface area contributed by atoms with Crippen LogP contribution < -0.4 is 0 Å². The average Bonchev–Trinajstić information content (AvgIpc) is 2.87. The maximum atomic E-state index is 12.2. The third-order valence-electron chi connectivity index (χ3n) is 4.07. The van der Waals surface area contributed by atoms with E-state index < -0.39 is 5.91 Å². The summed E-state index contributed by atoms with van der Waals surface area (Å²) in [7, 11) is 0. The summed E-state index contributed by atoms with van der Waals surface area (Å²) in [5.74, 6) is -0.304. The van der Waals surface area contributed by atoms with E-state index in [2.05, 4.69) is 4.99 Å². The minimum atomic E-state index is -0.405. The molecular weight excluding hydrogens is 298 g/mol. The zero-order valence-corrected chi connectivity index (χ0v) is 13.0. The number of hydrogen-bond donors (Lipinski definition) is 1. The fourth-order valence-electron chi connectivity index (χ4n) is 2.93. The smallest absolute Gasteiger partial charge is 0.280 e. The molecule has 1 aliphatic rings. The Balaban J connectivity index is 1.83. The quantitative estimate of drug-likeness (QED) is 0.841. The highest BCUT2D eigenvalue weighted by molar-refractivity contribution is 6.30. The van der Waals surface area contributed by atoms with Crippen molar-refractivity contribution >= 4 is 23.7 Å². The number of aryl methyl sites for hydroxylation is 2. The van der Waals surface area contributed by atoms with Gasteiger partial charge in [-0.3, -0.25) is 4.79 Å². The molecule has 2 aromatic rings. The number of benzene rings is 2. The number of phenols is 1. The molecular formula is C18H16ClNO2. The lowest BCUT2D eigenvalue weighted by Crippen LogP contribution is -2.02. The molecule has 0 aliphatic heterocycles. The summed E-state index contributed by atoms with van der Waals surface area (Å²) < 4.78 is 0. The molecule has 2 aromatic carbocycles. The molecule has 0 saturated carbocycles. The van der Waals surface area contributed by atoms with Crippen molar-refractivity contribution in [3.05, 3.63) is 63.7 Å². The van der Waals surface area contributed by atoms with Crippen molar-refractivity contribution in [1.29, 1.82) is 0 Å². The van der Waals surface area contributed by atoms with Gasteiger partial charge in [-0.25, -0.2) is 4.99 Å². The molecule has 0 fully saturated rings. The van der Waals surface area contributed by atoms with Gasteiger partial charge in [-0.15, -0.1) is 0 Å². The molecule has 0 bridgehead atoms. The molecule has 4 heteroatoms. The maximum Gasteiger partial charge on any atom is 0.280 e. The lowest BCUT2D eigenvalue weighted by atomic mass is 10.0. The second-order valence-corrected chi connectivity index (χ2v) is 5.98. The third kappa shape index (κ3) is 2.77. The van der Waals surface area contributed by atoms with E-state index in [0.717, 1.165) is 23.4 Å². The molecule has 22 heavy (non-hydrogen) atoms. The first-order valence-corrected chi connectivity index (χ1v) is 7.59. The van der Waals surface area contributed by atoms with Crippen LogP contribution in [0.3, 0.4) is 0 Å². The maximum absolute atomic E-state index is 12.2. The Morgan fingerprint density at radius 1 is 1.36 bits per heavy atom. The van der Waals surface area contributed by atoms with Gasteiger partial charge in [-0.05, 0) is 54.7 Å². The Morgan fingerprint density at radius 3 is 2.95 bits per heavy atom. The highest BCUT2D eigenvalue weighted by Gasteiger charge is 2.21. The Bertz CT molecular complexity index is 747. The summed E-state index contributed by atoms with van der Waals surface area (Å²) in [6.07, 6.45) is 3.55. The predicted molar refractivity (Wildman–Crippen MR) is 88.2 cm³/mol. The summed E-state index contributed by atoms with van der Waals surface area (Å²) in [5, 5.41) is 10.6. The molecule has 0 saturated heterocycles. The van der Waals surface area contributed by atoms with Crippen molar-refractivity contribution in [3.8, 4) is 5.75 Å². The molecule has 1 unspecified atom stereocenters.